The monoisotopic (exact) mass is 194 g/mol. The molecule has 0 unspecified atom stereocenters. The zero-order chi connectivity index (χ0) is 10.6. The minimum absolute atomic E-state index is 0.205. The topological polar surface area (TPSA) is 90.8 Å². The smallest absolute Gasteiger partial charge is 0.413 e. The molecule has 1 rings (SSSR count). The number of nitriles is 1. The van der Waals surface area contributed by atoms with Crippen LogP contribution in [0.1, 0.15) is 19.4 Å². The number of rotatable bonds is 2. The zero-order valence-corrected chi connectivity index (χ0v) is 7.87. The molecule has 74 valence electrons. The highest BCUT2D eigenvalue weighted by Crippen LogP contribution is 2.09. The van der Waals surface area contributed by atoms with Crippen molar-refractivity contribution in [2.45, 2.75) is 20.0 Å². The zero-order valence-electron chi connectivity index (χ0n) is 7.87. The fourth-order valence-corrected chi connectivity index (χ4v) is 0.812. The SMILES string of the molecule is CC(C)OC(=O)Nc1[nH]ncc1C#N. The van der Waals surface area contributed by atoms with Crippen LogP contribution in [0.2, 0.25) is 0 Å². The molecule has 14 heavy (non-hydrogen) atoms. The molecule has 0 bridgehead atoms. The molecule has 6 heteroatoms. The van der Waals surface area contributed by atoms with E-state index in [0.29, 0.717) is 0 Å². The summed E-state index contributed by atoms with van der Waals surface area (Å²) in [6.07, 6.45) is 0.509. The number of nitrogens with one attached hydrogen (secondary N) is 2. The summed E-state index contributed by atoms with van der Waals surface area (Å²) in [6, 6.07) is 1.87. The number of aromatic nitrogens is 2. The molecule has 0 atom stereocenters. The van der Waals surface area contributed by atoms with Crippen molar-refractivity contribution in [1.82, 2.24) is 10.2 Å². The number of anilines is 1. The van der Waals surface area contributed by atoms with E-state index < -0.39 is 6.09 Å². The number of nitrogens with zero attached hydrogens (tertiary/aromatic N) is 2. The van der Waals surface area contributed by atoms with Gasteiger partial charge in [-0.2, -0.15) is 10.4 Å². The van der Waals surface area contributed by atoms with Gasteiger partial charge in [0.05, 0.1) is 12.3 Å². The van der Waals surface area contributed by atoms with Crippen LogP contribution in [0.3, 0.4) is 0 Å². The standard InChI is InChI=1S/C8H10N4O2/c1-5(2)14-8(13)11-7-6(3-9)4-10-12-7/h4-5H,1-2H3,(H2,10,11,12,13). The van der Waals surface area contributed by atoms with Crippen molar-refractivity contribution >= 4 is 11.9 Å². The van der Waals surface area contributed by atoms with Crippen LogP contribution in [0.4, 0.5) is 10.6 Å². The first kappa shape index (κ1) is 10.1. The highest BCUT2D eigenvalue weighted by Gasteiger charge is 2.10. The Labute approximate surface area is 80.9 Å². The van der Waals surface area contributed by atoms with Crippen LogP contribution in [-0.2, 0) is 4.74 Å². The summed E-state index contributed by atoms with van der Waals surface area (Å²) in [5.41, 5.74) is 0.269. The Bertz CT molecular complexity index is 364. The largest absolute Gasteiger partial charge is 0.447 e. The van der Waals surface area contributed by atoms with Gasteiger partial charge in [-0.3, -0.25) is 10.4 Å². The normalized spacial score (nSPS) is 9.57. The molecule has 0 saturated heterocycles. The molecule has 6 nitrogen and oxygen atoms in total. The number of H-pyrrole nitrogens is 1. The molecule has 2 N–H and O–H groups in total. The number of ether oxygens (including phenoxy) is 1. The molecule has 0 fully saturated rings. The van der Waals surface area contributed by atoms with Crippen molar-refractivity contribution in [3.63, 3.8) is 0 Å². The maximum atomic E-state index is 11.1. The average molecular weight is 194 g/mol. The van der Waals surface area contributed by atoms with Gasteiger partial charge in [0, 0.05) is 0 Å². The Morgan fingerprint density at radius 1 is 1.79 bits per heavy atom. The van der Waals surface area contributed by atoms with Crippen molar-refractivity contribution in [1.29, 1.82) is 5.26 Å². The van der Waals surface area contributed by atoms with Gasteiger partial charge in [0.15, 0.2) is 0 Å². The predicted molar refractivity (Wildman–Crippen MR) is 48.5 cm³/mol. The van der Waals surface area contributed by atoms with Crippen molar-refractivity contribution in [3.05, 3.63) is 11.8 Å². The second-order valence-corrected chi connectivity index (χ2v) is 2.85. The number of hydrogen-bond acceptors (Lipinski definition) is 4. The Balaban J connectivity index is 2.61. The molecule has 0 saturated carbocycles. The predicted octanol–water partition coefficient (Wildman–Crippen LogP) is 1.24. The quantitative estimate of drug-likeness (QED) is 0.740. The second kappa shape index (κ2) is 4.28. The summed E-state index contributed by atoms with van der Waals surface area (Å²) < 4.78 is 4.82. The van der Waals surface area contributed by atoms with E-state index in [-0.39, 0.29) is 17.5 Å². The van der Waals surface area contributed by atoms with Gasteiger partial charge in [-0.05, 0) is 13.8 Å². The van der Waals surface area contributed by atoms with E-state index in [2.05, 4.69) is 15.5 Å². The Morgan fingerprint density at radius 2 is 2.50 bits per heavy atom. The summed E-state index contributed by atoms with van der Waals surface area (Å²) in [5.74, 6) is 0.248. The lowest BCUT2D eigenvalue weighted by Gasteiger charge is -2.07. The minimum atomic E-state index is -0.610. The first-order valence-electron chi connectivity index (χ1n) is 4.04. The Morgan fingerprint density at radius 3 is 3.07 bits per heavy atom. The van der Waals surface area contributed by atoms with Gasteiger partial charge in [0.2, 0.25) is 0 Å². The molecule has 1 aromatic rings. The Kier molecular flexibility index (Phi) is 3.07. The summed E-state index contributed by atoms with van der Waals surface area (Å²) in [7, 11) is 0. The third-order valence-electron chi connectivity index (χ3n) is 1.33. The van der Waals surface area contributed by atoms with Crippen LogP contribution in [0, 0.1) is 11.3 Å². The van der Waals surface area contributed by atoms with Gasteiger partial charge < -0.3 is 4.74 Å². The average Bonchev–Trinajstić information content (AvgIpc) is 2.50. The molecule has 0 radical (unpaired) electrons. The van der Waals surface area contributed by atoms with Crippen LogP contribution in [0.15, 0.2) is 6.20 Å². The van der Waals surface area contributed by atoms with Gasteiger partial charge in [-0.15, -0.1) is 0 Å². The Hall–Kier alpha value is -2.03. The highest BCUT2D eigenvalue weighted by atomic mass is 16.6. The van der Waals surface area contributed by atoms with Gasteiger partial charge in [0.25, 0.3) is 0 Å². The molecule has 0 aliphatic carbocycles. The molecule has 0 aliphatic rings. The van der Waals surface area contributed by atoms with E-state index in [9.17, 15) is 4.79 Å². The van der Waals surface area contributed by atoms with Crippen molar-refractivity contribution < 1.29 is 9.53 Å². The van der Waals surface area contributed by atoms with Gasteiger partial charge >= 0.3 is 6.09 Å². The summed E-state index contributed by atoms with van der Waals surface area (Å²) in [4.78, 5) is 11.1. The van der Waals surface area contributed by atoms with E-state index in [4.69, 9.17) is 10.00 Å². The van der Waals surface area contributed by atoms with E-state index in [1.165, 1.54) is 6.20 Å². The molecule has 1 aromatic heterocycles. The third kappa shape index (κ3) is 2.48. The van der Waals surface area contributed by atoms with E-state index in [0.717, 1.165) is 0 Å². The lowest BCUT2D eigenvalue weighted by molar-refractivity contribution is 0.130. The summed E-state index contributed by atoms with van der Waals surface area (Å²) in [6.45, 7) is 3.47. The summed E-state index contributed by atoms with van der Waals surface area (Å²) in [5, 5.41) is 17.1. The van der Waals surface area contributed by atoms with E-state index >= 15 is 0 Å². The number of aromatic amines is 1. The molecular formula is C8H10N4O2. The van der Waals surface area contributed by atoms with Gasteiger partial charge in [0.1, 0.15) is 17.5 Å². The van der Waals surface area contributed by atoms with Crippen LogP contribution in [-0.4, -0.2) is 22.4 Å². The van der Waals surface area contributed by atoms with Crippen molar-refractivity contribution in [2.75, 3.05) is 5.32 Å². The summed E-state index contributed by atoms with van der Waals surface area (Å²) >= 11 is 0. The maximum Gasteiger partial charge on any atom is 0.413 e. The molecule has 0 spiro atoms. The van der Waals surface area contributed by atoms with E-state index in [1.54, 1.807) is 13.8 Å². The van der Waals surface area contributed by atoms with Gasteiger partial charge in [-0.1, -0.05) is 0 Å². The maximum absolute atomic E-state index is 11.1. The first-order chi connectivity index (χ1) is 6.63. The minimum Gasteiger partial charge on any atom is -0.447 e. The van der Waals surface area contributed by atoms with Gasteiger partial charge in [-0.25, -0.2) is 4.79 Å². The fraction of sp³-hybridized carbons (Fsp3) is 0.375. The fourth-order valence-electron chi connectivity index (χ4n) is 0.812. The van der Waals surface area contributed by atoms with Crippen LogP contribution in [0.25, 0.3) is 0 Å². The van der Waals surface area contributed by atoms with Crippen LogP contribution in [0.5, 0.6) is 0 Å². The first-order valence-corrected chi connectivity index (χ1v) is 4.04. The van der Waals surface area contributed by atoms with Crippen LogP contribution < -0.4 is 5.32 Å². The van der Waals surface area contributed by atoms with Crippen molar-refractivity contribution in [2.24, 2.45) is 0 Å². The molecular weight excluding hydrogens is 184 g/mol. The number of amides is 1. The number of carbonyl (C=O) groups is 1. The number of hydrogen-bond donors (Lipinski definition) is 2. The molecule has 1 heterocycles. The second-order valence-electron chi connectivity index (χ2n) is 2.85. The van der Waals surface area contributed by atoms with Crippen molar-refractivity contribution in [3.8, 4) is 6.07 Å². The third-order valence-corrected chi connectivity index (χ3v) is 1.33. The number of carbonyl (C=O) groups excluding carboxylic acids is 1. The highest BCUT2D eigenvalue weighted by molar-refractivity contribution is 5.84. The lowest BCUT2D eigenvalue weighted by Crippen LogP contribution is -2.18. The molecule has 1 amide bonds. The van der Waals surface area contributed by atoms with Crippen LogP contribution >= 0.6 is 0 Å². The van der Waals surface area contributed by atoms with E-state index in [1.807, 2.05) is 6.07 Å². The lowest BCUT2D eigenvalue weighted by atomic mass is 10.4. The molecule has 0 aromatic carbocycles. The molecule has 0 aliphatic heterocycles.